The van der Waals surface area contributed by atoms with E-state index in [0.29, 0.717) is 11.7 Å². The molecule has 1 aromatic carbocycles. The van der Waals surface area contributed by atoms with E-state index in [4.69, 9.17) is 0 Å². The van der Waals surface area contributed by atoms with Gasteiger partial charge >= 0.3 is 0 Å². The third-order valence-electron chi connectivity index (χ3n) is 5.32. The fourth-order valence-corrected chi connectivity index (χ4v) is 3.94. The van der Waals surface area contributed by atoms with Crippen molar-refractivity contribution >= 4 is 10.9 Å². The summed E-state index contributed by atoms with van der Waals surface area (Å²) >= 11 is 0. The second kappa shape index (κ2) is 7.12. The van der Waals surface area contributed by atoms with Crippen LogP contribution in [0.4, 0.5) is 0 Å². The lowest BCUT2D eigenvalue weighted by Crippen LogP contribution is -2.33. The molecule has 27 heavy (non-hydrogen) atoms. The second-order valence-electron chi connectivity index (χ2n) is 7.51. The normalized spacial score (nSPS) is 16.1. The van der Waals surface area contributed by atoms with E-state index in [1.165, 1.54) is 0 Å². The number of aryl methyl sites for hydroxylation is 2. The summed E-state index contributed by atoms with van der Waals surface area (Å²) in [6, 6.07) is 9.26. The zero-order chi connectivity index (χ0) is 19.0. The monoisotopic (exact) mass is 364 g/mol. The molecule has 4 rings (SSSR count). The number of H-pyrrole nitrogens is 2. The zero-order valence-corrected chi connectivity index (χ0v) is 15.7. The van der Waals surface area contributed by atoms with Crippen LogP contribution in [0.25, 0.3) is 10.9 Å². The Balaban J connectivity index is 1.46. The molecule has 6 heteroatoms. The van der Waals surface area contributed by atoms with Crippen LogP contribution in [0.1, 0.15) is 41.5 Å². The number of aromatic amines is 2. The van der Waals surface area contributed by atoms with Gasteiger partial charge in [-0.1, -0.05) is 11.6 Å². The molecular weight excluding hydrogens is 340 g/mol. The zero-order valence-electron chi connectivity index (χ0n) is 15.7. The number of likely N-dealkylation sites (tertiary alicyclic amines) is 1. The minimum atomic E-state index is -0.0797. The largest absolute Gasteiger partial charge is 0.357 e. The minimum Gasteiger partial charge on any atom is -0.357 e. The number of hydrogen-bond donors (Lipinski definition) is 2. The van der Waals surface area contributed by atoms with Crippen LogP contribution in [-0.4, -0.2) is 32.9 Å². The van der Waals surface area contributed by atoms with Crippen molar-refractivity contribution in [2.24, 2.45) is 0 Å². The van der Waals surface area contributed by atoms with Crippen molar-refractivity contribution in [2.45, 2.75) is 39.2 Å². The Morgan fingerprint density at radius 2 is 1.85 bits per heavy atom. The van der Waals surface area contributed by atoms with Crippen LogP contribution in [0.2, 0.25) is 0 Å². The highest BCUT2D eigenvalue weighted by Crippen LogP contribution is 2.26. The van der Waals surface area contributed by atoms with Crippen molar-refractivity contribution in [3.63, 3.8) is 0 Å². The van der Waals surface area contributed by atoms with Gasteiger partial charge < -0.3 is 9.97 Å². The molecule has 0 atom stereocenters. The van der Waals surface area contributed by atoms with Gasteiger partial charge in [0.25, 0.3) is 5.56 Å². The number of nitrogens with zero attached hydrogens (tertiary/aromatic N) is 2. The fraction of sp³-hybridized carbons (Fsp3) is 0.381. The summed E-state index contributed by atoms with van der Waals surface area (Å²) in [7, 11) is 0. The molecule has 1 fully saturated rings. The topological polar surface area (TPSA) is 81.8 Å². The highest BCUT2D eigenvalue weighted by molar-refractivity contribution is 5.79. The number of rotatable bonds is 3. The van der Waals surface area contributed by atoms with Gasteiger partial charge in [-0.15, -0.1) is 0 Å². The van der Waals surface area contributed by atoms with E-state index in [1.54, 1.807) is 12.1 Å². The van der Waals surface area contributed by atoms with Crippen LogP contribution >= 0.6 is 0 Å². The van der Waals surface area contributed by atoms with Crippen molar-refractivity contribution in [1.82, 2.24) is 19.9 Å². The fourth-order valence-electron chi connectivity index (χ4n) is 3.94. The summed E-state index contributed by atoms with van der Waals surface area (Å²) in [5.41, 5.74) is 3.81. The van der Waals surface area contributed by atoms with Gasteiger partial charge in [0.2, 0.25) is 0 Å². The maximum Gasteiger partial charge on any atom is 0.251 e. The molecule has 0 spiro atoms. The molecule has 6 nitrogen and oxygen atoms in total. The summed E-state index contributed by atoms with van der Waals surface area (Å²) in [5, 5.41) is 0.744. The number of nitrogens with one attached hydrogen (secondary N) is 2. The van der Waals surface area contributed by atoms with Gasteiger partial charge in [0.1, 0.15) is 5.82 Å². The van der Waals surface area contributed by atoms with Crippen LogP contribution < -0.4 is 11.0 Å². The predicted molar refractivity (Wildman–Crippen MR) is 106 cm³/mol. The third kappa shape index (κ3) is 3.85. The lowest BCUT2D eigenvalue weighted by Gasteiger charge is -2.31. The molecule has 2 N–H and O–H groups in total. The van der Waals surface area contributed by atoms with Crippen molar-refractivity contribution < 1.29 is 0 Å². The Kier molecular flexibility index (Phi) is 4.66. The van der Waals surface area contributed by atoms with Gasteiger partial charge in [0.05, 0.1) is 5.69 Å². The molecule has 3 heterocycles. The average Bonchev–Trinajstić information content (AvgIpc) is 2.62. The minimum absolute atomic E-state index is 0.0699. The molecule has 0 unspecified atom stereocenters. The lowest BCUT2D eigenvalue weighted by molar-refractivity contribution is 0.201. The first-order valence-corrected chi connectivity index (χ1v) is 9.41. The smallest absolute Gasteiger partial charge is 0.251 e. The first-order chi connectivity index (χ1) is 13.0. The van der Waals surface area contributed by atoms with Gasteiger partial charge in [0.15, 0.2) is 5.43 Å². The van der Waals surface area contributed by atoms with Crippen LogP contribution in [-0.2, 0) is 6.54 Å². The van der Waals surface area contributed by atoms with Crippen LogP contribution in [0.5, 0.6) is 0 Å². The summed E-state index contributed by atoms with van der Waals surface area (Å²) in [6.45, 7) is 6.39. The Morgan fingerprint density at radius 3 is 2.59 bits per heavy atom. The Hall–Kier alpha value is -2.73. The van der Waals surface area contributed by atoms with E-state index in [2.05, 4.69) is 19.9 Å². The van der Waals surface area contributed by atoms with E-state index in [1.807, 2.05) is 32.0 Å². The van der Waals surface area contributed by atoms with E-state index in [9.17, 15) is 9.59 Å². The number of benzene rings is 1. The molecule has 0 amide bonds. The van der Waals surface area contributed by atoms with Crippen LogP contribution in [0.15, 0.2) is 39.9 Å². The van der Waals surface area contributed by atoms with Crippen molar-refractivity contribution in [2.75, 3.05) is 13.1 Å². The Morgan fingerprint density at radius 1 is 1.07 bits per heavy atom. The quantitative estimate of drug-likeness (QED) is 0.748. The maximum absolute atomic E-state index is 12.4. The van der Waals surface area contributed by atoms with Gasteiger partial charge in [-0.05, 0) is 51.9 Å². The van der Waals surface area contributed by atoms with E-state index >= 15 is 0 Å². The molecule has 1 saturated heterocycles. The van der Waals surface area contributed by atoms with Crippen molar-refractivity contribution in [3.05, 3.63) is 73.7 Å². The van der Waals surface area contributed by atoms with Gasteiger partial charge in [-0.3, -0.25) is 14.5 Å². The predicted octanol–water partition coefficient (Wildman–Crippen LogP) is 2.61. The maximum atomic E-state index is 12.4. The SMILES string of the molecule is Cc1ccc2[nH]c(CN3CCC(c4cc(=O)[nH]c(C)n4)CC3)cc(=O)c2c1. The summed E-state index contributed by atoms with van der Waals surface area (Å²) < 4.78 is 0. The molecule has 0 bridgehead atoms. The van der Waals surface area contributed by atoms with Crippen molar-refractivity contribution in [1.29, 1.82) is 0 Å². The number of fused-ring (bicyclic) bond motifs is 1. The molecule has 0 aliphatic carbocycles. The van der Waals surface area contributed by atoms with E-state index in [0.717, 1.165) is 60.3 Å². The standard InChI is InChI=1S/C21H24N4O2/c1-13-3-4-18-17(9-13)20(26)10-16(24-18)12-25-7-5-15(6-8-25)19-11-21(27)23-14(2)22-19/h3-4,9-11,15H,5-8,12H2,1-2H3,(H,24,26)(H,22,23,27). The third-order valence-corrected chi connectivity index (χ3v) is 5.32. The highest BCUT2D eigenvalue weighted by atomic mass is 16.1. The molecule has 1 aliphatic heterocycles. The van der Waals surface area contributed by atoms with Crippen LogP contribution in [0, 0.1) is 13.8 Å². The lowest BCUT2D eigenvalue weighted by atomic mass is 9.93. The molecule has 140 valence electrons. The van der Waals surface area contributed by atoms with Gasteiger partial charge in [-0.25, -0.2) is 4.98 Å². The Labute approximate surface area is 157 Å². The molecule has 2 aromatic heterocycles. The number of aromatic nitrogens is 3. The molecule has 1 aliphatic rings. The summed E-state index contributed by atoms with van der Waals surface area (Å²) in [4.78, 5) is 37.0. The molecular formula is C21H24N4O2. The number of pyridine rings is 1. The molecule has 3 aromatic rings. The molecule has 0 saturated carbocycles. The first-order valence-electron chi connectivity index (χ1n) is 9.41. The number of hydrogen-bond acceptors (Lipinski definition) is 4. The van der Waals surface area contributed by atoms with Crippen LogP contribution in [0.3, 0.4) is 0 Å². The summed E-state index contributed by atoms with van der Waals surface area (Å²) in [6.07, 6.45) is 1.93. The van der Waals surface area contributed by atoms with E-state index in [-0.39, 0.29) is 11.0 Å². The van der Waals surface area contributed by atoms with Crippen molar-refractivity contribution in [3.8, 4) is 0 Å². The average molecular weight is 364 g/mol. The Bertz CT molecular complexity index is 1090. The van der Waals surface area contributed by atoms with Gasteiger partial charge in [0, 0.05) is 41.2 Å². The van der Waals surface area contributed by atoms with E-state index < -0.39 is 0 Å². The second-order valence-corrected chi connectivity index (χ2v) is 7.51. The highest BCUT2D eigenvalue weighted by Gasteiger charge is 2.22. The molecule has 0 radical (unpaired) electrons. The summed E-state index contributed by atoms with van der Waals surface area (Å²) in [5.74, 6) is 0.991. The first kappa shape index (κ1) is 17.7. The number of piperidine rings is 1. The van der Waals surface area contributed by atoms with Gasteiger partial charge in [-0.2, -0.15) is 0 Å².